The van der Waals surface area contributed by atoms with Crippen LogP contribution in [0.1, 0.15) is 95.7 Å². The van der Waals surface area contributed by atoms with Gasteiger partial charge in [-0.3, -0.25) is 43.3 Å². The smallest absolute Gasteiger partial charge is 0.329 e. The third-order valence-corrected chi connectivity index (χ3v) is 14.3. The number of hydrogen-bond acceptors (Lipinski definition) is 10. The summed E-state index contributed by atoms with van der Waals surface area (Å²) in [6.45, 7) is 5.27. The molecule has 2 atom stereocenters. The maximum Gasteiger partial charge on any atom is 0.329 e. The van der Waals surface area contributed by atoms with Gasteiger partial charge in [0, 0.05) is 63.7 Å². The van der Waals surface area contributed by atoms with E-state index < -0.39 is 28.6 Å². The first-order valence-electron chi connectivity index (χ1n) is 22.4. The minimum Gasteiger partial charge on any atom is -0.480 e. The molecule has 0 bridgehead atoms. The summed E-state index contributed by atoms with van der Waals surface area (Å²) in [7, 11) is 8.76. The number of rotatable bonds is 12. The van der Waals surface area contributed by atoms with Crippen LogP contribution >= 0.6 is 23.2 Å². The molecule has 0 spiro atoms. The molecule has 1 N–H and O–H groups in total. The van der Waals surface area contributed by atoms with Gasteiger partial charge in [0.05, 0.1) is 61.5 Å². The number of imidazole rings is 2. The number of carbonyl (C=O) groups is 4. The molecule has 3 radical (unpaired) electrons. The highest BCUT2D eigenvalue weighted by Gasteiger charge is 2.54. The van der Waals surface area contributed by atoms with Crippen molar-refractivity contribution < 1.29 is 28.7 Å². The van der Waals surface area contributed by atoms with Crippen LogP contribution in [0.25, 0.3) is 22.4 Å². The summed E-state index contributed by atoms with van der Waals surface area (Å²) in [5.74, 6) is -1.06. The summed E-state index contributed by atoms with van der Waals surface area (Å²) in [4.78, 5) is 93.2. The highest BCUT2D eigenvalue weighted by molar-refractivity contribution is 6.32. The molecule has 2 aromatic carbocycles. The minimum atomic E-state index is -1.47. The molecule has 7 heterocycles. The molecule has 3 aliphatic rings. The molecule has 1 unspecified atom stereocenters. The first-order valence-corrected chi connectivity index (χ1v) is 23.6. The molecule has 20 heteroatoms. The number of halogens is 2. The fraction of sp³-hybridized carbons (Fsp3) is 0.375. The first-order chi connectivity index (χ1) is 32.5. The van der Waals surface area contributed by atoms with E-state index in [1.807, 2.05) is 36.6 Å². The standard InChI is InChI=1S/C48H48Cl2N9O8Si/c1-26(2)57-40-38(46(64)59(36-23-31(50)25-54(3)45(36)63)48(40,68)29-11-13-30(49)14-12-29)53-41(57)33-22-28(24-51-43(33)66-5)44(62)56-19-17-32(18-20-56)67-21-7-9-27-8-6-10-34-39(27)55(4)47(65)58(34)35-15-16-37(60)52-42(35)61/h6,8,10-14,22-26,32,35H,7,9,15-21H2,1-5H3,(H,52,60,61)/t35?,48-/m1/s1. The lowest BCUT2D eigenvalue weighted by molar-refractivity contribution is -0.135. The van der Waals surface area contributed by atoms with Crippen LogP contribution in [0.15, 0.2) is 76.6 Å². The van der Waals surface area contributed by atoms with Crippen molar-refractivity contribution in [2.75, 3.05) is 31.7 Å². The second-order valence-corrected chi connectivity index (χ2v) is 19.2. The van der Waals surface area contributed by atoms with Gasteiger partial charge in [0.2, 0.25) is 17.7 Å². The largest absolute Gasteiger partial charge is 0.480 e. The second kappa shape index (κ2) is 18.3. The molecule has 6 aromatic rings. The van der Waals surface area contributed by atoms with E-state index in [-0.39, 0.29) is 64.8 Å². The van der Waals surface area contributed by atoms with Gasteiger partial charge < -0.3 is 23.5 Å². The number of methoxy groups -OCH3 is 1. The Kier molecular flexibility index (Phi) is 12.6. The van der Waals surface area contributed by atoms with Crippen LogP contribution in [0.4, 0.5) is 5.69 Å². The van der Waals surface area contributed by atoms with E-state index in [0.29, 0.717) is 84.1 Å². The van der Waals surface area contributed by atoms with Crippen molar-refractivity contribution in [3.05, 3.63) is 126 Å². The molecule has 351 valence electrons. The monoisotopic (exact) mass is 976 g/mol. The van der Waals surface area contributed by atoms with Gasteiger partial charge in [0.1, 0.15) is 17.6 Å². The number of ether oxygens (including phenoxy) is 2. The van der Waals surface area contributed by atoms with Gasteiger partial charge in [-0.25, -0.2) is 14.8 Å². The van der Waals surface area contributed by atoms with Gasteiger partial charge in [-0.1, -0.05) is 47.5 Å². The van der Waals surface area contributed by atoms with Crippen LogP contribution in [-0.4, -0.2) is 99.9 Å². The van der Waals surface area contributed by atoms with Crippen molar-refractivity contribution in [3.63, 3.8) is 0 Å². The molecule has 0 aliphatic carbocycles. The van der Waals surface area contributed by atoms with E-state index in [1.165, 1.54) is 39.6 Å². The zero-order chi connectivity index (χ0) is 48.3. The molecule has 0 saturated carbocycles. The van der Waals surface area contributed by atoms with Gasteiger partial charge in [-0.2, -0.15) is 0 Å². The number of pyridine rings is 2. The summed E-state index contributed by atoms with van der Waals surface area (Å²) in [6.07, 6.45) is 5.89. The number of benzene rings is 2. The summed E-state index contributed by atoms with van der Waals surface area (Å²) in [6, 6.07) is 14.7. The molecular weight excluding hydrogens is 930 g/mol. The topological polar surface area (TPSA) is 185 Å². The number of hydrogen-bond donors (Lipinski definition) is 1. The Hall–Kier alpha value is -6.34. The zero-order valence-electron chi connectivity index (χ0n) is 38.0. The lowest BCUT2D eigenvalue weighted by atomic mass is 10.0. The van der Waals surface area contributed by atoms with Gasteiger partial charge in [0.15, 0.2) is 5.69 Å². The molecule has 68 heavy (non-hydrogen) atoms. The number of imide groups is 1. The van der Waals surface area contributed by atoms with E-state index >= 15 is 0 Å². The molecular formula is C48H48Cl2N9O8Si. The van der Waals surface area contributed by atoms with E-state index in [4.69, 9.17) is 37.7 Å². The van der Waals surface area contributed by atoms with Gasteiger partial charge in [-0.15, -0.1) is 0 Å². The first kappa shape index (κ1) is 46.8. The molecule has 4 aromatic heterocycles. The normalized spacial score (nSPS) is 18.8. The quantitative estimate of drug-likeness (QED) is 0.0940. The number of para-hydroxylation sites is 1. The Morgan fingerprint density at radius 3 is 2.41 bits per heavy atom. The third-order valence-electron chi connectivity index (χ3n) is 13.1. The van der Waals surface area contributed by atoms with Crippen LogP contribution in [0, 0.1) is 0 Å². The molecule has 3 aliphatic heterocycles. The number of amides is 4. The third kappa shape index (κ3) is 7.95. The van der Waals surface area contributed by atoms with Crippen molar-refractivity contribution in [3.8, 4) is 17.3 Å². The number of nitrogens with zero attached hydrogens (tertiary/aromatic N) is 8. The summed E-state index contributed by atoms with van der Waals surface area (Å²) >= 11 is 12.8. The van der Waals surface area contributed by atoms with Crippen LogP contribution < -0.4 is 26.2 Å². The average Bonchev–Trinajstić information content (AvgIpc) is 3.92. The van der Waals surface area contributed by atoms with E-state index in [9.17, 15) is 28.8 Å². The number of aromatic nitrogens is 6. The Labute approximate surface area is 404 Å². The number of aryl methyl sites for hydroxylation is 3. The fourth-order valence-electron chi connectivity index (χ4n) is 9.81. The highest BCUT2D eigenvalue weighted by atomic mass is 35.5. The van der Waals surface area contributed by atoms with E-state index in [2.05, 4.69) is 20.5 Å². The second-order valence-electron chi connectivity index (χ2n) is 17.6. The molecule has 2 fully saturated rings. The summed E-state index contributed by atoms with van der Waals surface area (Å²) < 4.78 is 18.3. The summed E-state index contributed by atoms with van der Waals surface area (Å²) in [5, 5.41) is 1.62. The average molecular weight is 978 g/mol. The number of fused-ring (bicyclic) bond motifs is 2. The fourth-order valence-corrected chi connectivity index (χ4v) is 10.8. The summed E-state index contributed by atoms with van der Waals surface area (Å²) in [5.41, 5.74) is 3.45. The van der Waals surface area contributed by atoms with Crippen LogP contribution in [-0.2, 0) is 40.0 Å². The van der Waals surface area contributed by atoms with E-state index in [1.54, 1.807) is 53.9 Å². The molecule has 17 nitrogen and oxygen atoms in total. The lowest BCUT2D eigenvalue weighted by Crippen LogP contribution is -2.49. The lowest BCUT2D eigenvalue weighted by Gasteiger charge is -2.37. The Balaban J connectivity index is 0.920. The Morgan fingerprint density at radius 2 is 1.72 bits per heavy atom. The Bertz CT molecular complexity index is 3150. The Morgan fingerprint density at radius 1 is 0.985 bits per heavy atom. The van der Waals surface area contributed by atoms with Crippen molar-refractivity contribution >= 4 is 73.8 Å². The van der Waals surface area contributed by atoms with Crippen LogP contribution in [0.2, 0.25) is 10.0 Å². The SMILES string of the molecule is COc1ncc(C(=O)N2CCC(OCCCc3cccc4c3n(C)c(=O)n4C3CCC(=O)NC3=O)CC2)cc1-c1nc2c(n1C(C)C)[C@]([Si])(c1ccc(Cl)cc1)N(c1cc(Cl)cn(C)c1=O)C2=O. The predicted octanol–water partition coefficient (Wildman–Crippen LogP) is 5.46. The number of anilines is 1. The van der Waals surface area contributed by atoms with Crippen molar-refractivity contribution in [1.29, 1.82) is 0 Å². The minimum absolute atomic E-state index is 0.0363. The molecule has 9 rings (SSSR count). The van der Waals surface area contributed by atoms with Gasteiger partial charge in [-0.05, 0) is 87.4 Å². The maximum atomic E-state index is 14.7. The van der Waals surface area contributed by atoms with Gasteiger partial charge >= 0.3 is 5.69 Å². The van der Waals surface area contributed by atoms with Gasteiger partial charge in [0.25, 0.3) is 17.4 Å². The van der Waals surface area contributed by atoms with Crippen LogP contribution in [0.5, 0.6) is 5.88 Å². The predicted molar refractivity (Wildman–Crippen MR) is 256 cm³/mol. The molecule has 2 saturated heterocycles. The number of piperidine rings is 2. The van der Waals surface area contributed by atoms with E-state index in [0.717, 1.165) is 11.1 Å². The van der Waals surface area contributed by atoms with Crippen molar-refractivity contribution in [2.24, 2.45) is 14.1 Å². The molecule has 4 amide bonds. The number of carbonyl (C=O) groups excluding carboxylic acids is 4. The maximum absolute atomic E-state index is 14.7. The van der Waals surface area contributed by atoms with Crippen molar-refractivity contribution in [1.82, 2.24) is 38.5 Å². The van der Waals surface area contributed by atoms with Crippen molar-refractivity contribution in [2.45, 2.75) is 75.7 Å². The van der Waals surface area contributed by atoms with Crippen LogP contribution in [0.3, 0.4) is 0 Å². The highest BCUT2D eigenvalue weighted by Crippen LogP contribution is 2.48. The zero-order valence-corrected chi connectivity index (χ0v) is 40.6. The number of nitrogens with one attached hydrogen (secondary N) is 1. The number of likely N-dealkylation sites (tertiary alicyclic amines) is 1.